The van der Waals surface area contributed by atoms with Crippen molar-refractivity contribution in [3.63, 3.8) is 0 Å². The molecule has 3 N–H and O–H groups in total. The Morgan fingerprint density at radius 1 is 1.45 bits per heavy atom. The Hall–Kier alpha value is -1.91. The largest absolute Gasteiger partial charge is 0.321 e. The van der Waals surface area contributed by atoms with Gasteiger partial charge in [0.1, 0.15) is 15.6 Å². The highest BCUT2D eigenvalue weighted by Crippen LogP contribution is 2.19. The van der Waals surface area contributed by atoms with Crippen molar-refractivity contribution < 1.29 is 17.6 Å². The maximum atomic E-state index is 13.6. The lowest BCUT2D eigenvalue weighted by atomic mass is 10.3. The third-order valence-electron chi connectivity index (χ3n) is 2.35. The first kappa shape index (κ1) is 14.5. The number of carbonyl (C=O) groups is 1. The molecule has 0 unspecified atom stereocenters. The summed E-state index contributed by atoms with van der Waals surface area (Å²) in [4.78, 5) is 11.5. The second-order valence-corrected chi connectivity index (χ2v) is 6.12. The molecule has 20 heavy (non-hydrogen) atoms. The Kier molecular flexibility index (Phi) is 3.79. The normalized spacial score (nSPS) is 11.3. The molecule has 1 amide bonds. The number of hydrogen-bond acceptors (Lipinski definition) is 6. The molecule has 1 aromatic heterocycles. The number of aryl methyl sites for hydroxylation is 1. The fourth-order valence-corrected chi connectivity index (χ4v) is 2.58. The van der Waals surface area contributed by atoms with Gasteiger partial charge in [0.15, 0.2) is 0 Å². The first-order valence-corrected chi connectivity index (χ1v) is 7.53. The smallest absolute Gasteiger partial charge is 0.269 e. The third kappa shape index (κ3) is 2.98. The molecule has 2 aromatic rings. The Labute approximate surface area is 117 Å². The Morgan fingerprint density at radius 2 is 2.15 bits per heavy atom. The van der Waals surface area contributed by atoms with E-state index >= 15 is 0 Å². The monoisotopic (exact) mass is 316 g/mol. The van der Waals surface area contributed by atoms with Gasteiger partial charge in [-0.2, -0.15) is 0 Å². The number of halogens is 1. The molecule has 106 valence electrons. The Balaban J connectivity index is 2.26. The first-order chi connectivity index (χ1) is 9.29. The number of benzene rings is 1. The fourth-order valence-electron chi connectivity index (χ4n) is 1.44. The molecule has 0 atom stereocenters. The lowest BCUT2D eigenvalue weighted by molar-refractivity contribution is 0.103. The van der Waals surface area contributed by atoms with Crippen molar-refractivity contribution in [3.05, 3.63) is 34.6 Å². The van der Waals surface area contributed by atoms with Crippen LogP contribution < -0.4 is 10.5 Å². The van der Waals surface area contributed by atoms with E-state index in [0.717, 1.165) is 23.7 Å². The van der Waals surface area contributed by atoms with Gasteiger partial charge in [0.25, 0.3) is 5.91 Å². The summed E-state index contributed by atoms with van der Waals surface area (Å²) < 4.78 is 39.3. The van der Waals surface area contributed by atoms with E-state index in [1.807, 2.05) is 0 Å². The second kappa shape index (κ2) is 5.23. The summed E-state index contributed by atoms with van der Waals surface area (Å²) in [7, 11) is -4.13. The van der Waals surface area contributed by atoms with Gasteiger partial charge in [-0.05, 0) is 36.7 Å². The van der Waals surface area contributed by atoms with Gasteiger partial charge in [-0.25, -0.2) is 17.9 Å². The third-order valence-corrected chi connectivity index (χ3v) is 4.12. The number of nitrogens with two attached hydrogens (primary N) is 1. The SMILES string of the molecule is Cc1nnsc1C(=O)Nc1ccc(S(N)(=O)=O)c(F)c1. The number of amides is 1. The molecule has 0 fully saturated rings. The fraction of sp³-hybridized carbons (Fsp3) is 0.100. The molecule has 0 aliphatic heterocycles. The van der Waals surface area contributed by atoms with Crippen LogP contribution in [0.5, 0.6) is 0 Å². The maximum Gasteiger partial charge on any atom is 0.269 e. The predicted molar refractivity (Wildman–Crippen MR) is 70.4 cm³/mol. The van der Waals surface area contributed by atoms with Gasteiger partial charge in [-0.1, -0.05) is 4.49 Å². The van der Waals surface area contributed by atoms with Crippen LogP contribution >= 0.6 is 11.5 Å². The van der Waals surface area contributed by atoms with Crippen LogP contribution in [-0.2, 0) is 10.0 Å². The van der Waals surface area contributed by atoms with Crippen LogP contribution in [0, 0.1) is 12.7 Å². The summed E-state index contributed by atoms with van der Waals surface area (Å²) in [6.07, 6.45) is 0. The van der Waals surface area contributed by atoms with E-state index in [1.54, 1.807) is 6.92 Å². The Morgan fingerprint density at radius 3 is 2.65 bits per heavy atom. The molecule has 0 bridgehead atoms. The van der Waals surface area contributed by atoms with E-state index in [-0.39, 0.29) is 5.69 Å². The van der Waals surface area contributed by atoms with Crippen molar-refractivity contribution in [1.82, 2.24) is 9.59 Å². The molecule has 0 radical (unpaired) electrons. The Bertz CT molecular complexity index is 773. The van der Waals surface area contributed by atoms with E-state index in [0.29, 0.717) is 10.6 Å². The molecular weight excluding hydrogens is 307 g/mol. The molecule has 0 aliphatic rings. The van der Waals surface area contributed by atoms with Crippen LogP contribution in [0.1, 0.15) is 15.4 Å². The van der Waals surface area contributed by atoms with E-state index in [9.17, 15) is 17.6 Å². The van der Waals surface area contributed by atoms with Crippen molar-refractivity contribution in [3.8, 4) is 0 Å². The average molecular weight is 316 g/mol. The molecule has 2 rings (SSSR count). The number of carbonyl (C=O) groups excluding carboxylic acids is 1. The van der Waals surface area contributed by atoms with E-state index in [2.05, 4.69) is 14.9 Å². The number of primary sulfonamides is 1. The minimum atomic E-state index is -4.13. The van der Waals surface area contributed by atoms with Crippen LogP contribution in [0.4, 0.5) is 10.1 Å². The molecule has 10 heteroatoms. The summed E-state index contributed by atoms with van der Waals surface area (Å²) >= 11 is 0.906. The van der Waals surface area contributed by atoms with Crippen molar-refractivity contribution in [2.45, 2.75) is 11.8 Å². The summed E-state index contributed by atoms with van der Waals surface area (Å²) in [5.41, 5.74) is 0.557. The van der Waals surface area contributed by atoms with Crippen LogP contribution in [0.25, 0.3) is 0 Å². The molecule has 1 heterocycles. The number of nitrogens with zero attached hydrogens (tertiary/aromatic N) is 2. The molecular formula is C10H9FN4O3S2. The molecule has 0 saturated carbocycles. The van der Waals surface area contributed by atoms with Crippen LogP contribution in [0.15, 0.2) is 23.1 Å². The van der Waals surface area contributed by atoms with Gasteiger partial charge < -0.3 is 5.32 Å². The van der Waals surface area contributed by atoms with Gasteiger partial charge in [-0.15, -0.1) is 5.10 Å². The van der Waals surface area contributed by atoms with Crippen molar-refractivity contribution in [1.29, 1.82) is 0 Å². The van der Waals surface area contributed by atoms with Crippen LogP contribution in [0.2, 0.25) is 0 Å². The first-order valence-electron chi connectivity index (χ1n) is 5.21. The zero-order chi connectivity index (χ0) is 14.9. The van der Waals surface area contributed by atoms with Gasteiger partial charge in [0.2, 0.25) is 10.0 Å². The van der Waals surface area contributed by atoms with Crippen molar-refractivity contribution in [2.24, 2.45) is 5.14 Å². The lowest BCUT2D eigenvalue weighted by Crippen LogP contribution is -2.15. The van der Waals surface area contributed by atoms with Gasteiger partial charge in [-0.3, -0.25) is 4.79 Å². The van der Waals surface area contributed by atoms with E-state index in [4.69, 9.17) is 5.14 Å². The number of anilines is 1. The zero-order valence-electron chi connectivity index (χ0n) is 10.1. The molecule has 0 spiro atoms. The van der Waals surface area contributed by atoms with Gasteiger partial charge in [0, 0.05) is 5.69 Å². The molecule has 0 saturated heterocycles. The minimum absolute atomic E-state index is 0.104. The van der Waals surface area contributed by atoms with E-state index in [1.165, 1.54) is 6.07 Å². The van der Waals surface area contributed by atoms with Gasteiger partial charge >= 0.3 is 0 Å². The summed E-state index contributed by atoms with van der Waals surface area (Å²) in [5, 5.41) is 10.9. The van der Waals surface area contributed by atoms with Gasteiger partial charge in [0.05, 0.1) is 5.69 Å². The summed E-state index contributed by atoms with van der Waals surface area (Å²) in [6, 6.07) is 3.10. The zero-order valence-corrected chi connectivity index (χ0v) is 11.8. The quantitative estimate of drug-likeness (QED) is 0.872. The highest BCUT2D eigenvalue weighted by molar-refractivity contribution is 7.89. The van der Waals surface area contributed by atoms with E-state index < -0.39 is 26.6 Å². The summed E-state index contributed by atoms with van der Waals surface area (Å²) in [6.45, 7) is 1.61. The van der Waals surface area contributed by atoms with Crippen LogP contribution in [0.3, 0.4) is 0 Å². The molecule has 1 aromatic carbocycles. The van der Waals surface area contributed by atoms with Crippen molar-refractivity contribution >= 4 is 33.2 Å². The van der Waals surface area contributed by atoms with Crippen molar-refractivity contribution in [2.75, 3.05) is 5.32 Å². The number of aromatic nitrogens is 2. The highest BCUT2D eigenvalue weighted by Gasteiger charge is 2.17. The number of nitrogens with one attached hydrogen (secondary N) is 1. The topological polar surface area (TPSA) is 115 Å². The standard InChI is InChI=1S/C10H9FN4O3S2/c1-5-9(19-15-14-5)10(16)13-6-2-3-8(7(11)4-6)20(12,17)18/h2-4H,1H3,(H,13,16)(H2,12,17,18). The predicted octanol–water partition coefficient (Wildman–Crippen LogP) is 0.885. The lowest BCUT2D eigenvalue weighted by Gasteiger charge is -2.06. The number of rotatable bonds is 3. The minimum Gasteiger partial charge on any atom is -0.321 e. The maximum absolute atomic E-state index is 13.6. The summed E-state index contributed by atoms with van der Waals surface area (Å²) in [5.74, 6) is -1.54. The highest BCUT2D eigenvalue weighted by atomic mass is 32.2. The second-order valence-electron chi connectivity index (χ2n) is 3.83. The van der Waals surface area contributed by atoms with Crippen LogP contribution in [-0.4, -0.2) is 23.9 Å². The number of hydrogen-bond donors (Lipinski definition) is 2. The molecule has 0 aliphatic carbocycles. The molecule has 7 nitrogen and oxygen atoms in total. The average Bonchev–Trinajstić information content (AvgIpc) is 2.73. The number of sulfonamides is 1.